The van der Waals surface area contributed by atoms with Crippen LogP contribution in [0.15, 0.2) is 24.3 Å². The molecular weight excluding hydrogens is 552 g/mol. The summed E-state index contributed by atoms with van der Waals surface area (Å²) >= 11 is 0. The van der Waals surface area contributed by atoms with E-state index in [0.29, 0.717) is 25.0 Å². The average Bonchev–Trinajstić information content (AvgIpc) is 3.81. The van der Waals surface area contributed by atoms with Crippen LogP contribution in [0.5, 0.6) is 5.75 Å². The van der Waals surface area contributed by atoms with E-state index in [9.17, 15) is 0 Å². The van der Waals surface area contributed by atoms with Crippen LogP contribution in [0, 0.1) is 46.3 Å². The highest BCUT2D eigenvalue weighted by atomic mass is 16.5. The number of hydrogen-bond acceptors (Lipinski definition) is 4. The Morgan fingerprint density at radius 2 is 1.16 bits per heavy atom. The molecule has 256 valence electrons. The molecule has 4 rings (SSSR count). The summed E-state index contributed by atoms with van der Waals surface area (Å²) in [6.07, 6.45) is 7.99. The van der Waals surface area contributed by atoms with Gasteiger partial charge in [-0.1, -0.05) is 70.9 Å². The maximum Gasteiger partial charge on any atom is 0.119 e. The fourth-order valence-electron chi connectivity index (χ4n) is 5.17. The normalized spacial score (nSPS) is 18.4. The second kappa shape index (κ2) is 19.6. The molecule has 1 aromatic carbocycles. The monoisotopic (exact) mass is 623 g/mol. The maximum atomic E-state index is 5.49. The molecule has 0 bridgehead atoms. The maximum absolute atomic E-state index is 5.49. The van der Waals surface area contributed by atoms with Gasteiger partial charge in [-0.15, -0.1) is 0 Å². The average molecular weight is 623 g/mol. The first-order valence-corrected chi connectivity index (χ1v) is 17.3. The standard InChI is InChI=1S/C14H23N.C13H23N.C13H20O2.CH4/c1-14(2,3)9-6-12-7-10-15(11-8-12)13-4-5-13;1-5-14-10-7-12(8-11-14)6-9-13(2,3)4;1-13(2,3)11-5-7-12(8-6-11)15-10-9-14-4;/h12-13H,4-5,7-8,10-11H2,1-3H3;12H,5,7-8,10-11H2,1-4H3;5-8H,9-10H2,1-4H3;1H4. The Morgan fingerprint density at radius 1 is 0.689 bits per heavy atom. The molecule has 3 aliphatic rings. The van der Waals surface area contributed by atoms with Crippen molar-refractivity contribution in [2.75, 3.05) is 53.0 Å². The Hall–Kier alpha value is -1.98. The molecule has 0 amide bonds. The Morgan fingerprint density at radius 3 is 1.53 bits per heavy atom. The van der Waals surface area contributed by atoms with Gasteiger partial charge in [0.25, 0.3) is 0 Å². The Labute approximate surface area is 280 Å². The molecule has 0 spiro atoms. The van der Waals surface area contributed by atoms with Gasteiger partial charge in [-0.3, -0.25) is 0 Å². The number of benzene rings is 1. The van der Waals surface area contributed by atoms with Crippen LogP contribution in [0.2, 0.25) is 0 Å². The third-order valence-electron chi connectivity index (χ3n) is 8.21. The largest absolute Gasteiger partial charge is 0.491 e. The summed E-state index contributed by atoms with van der Waals surface area (Å²) < 4.78 is 10.4. The van der Waals surface area contributed by atoms with E-state index in [1.807, 2.05) is 12.1 Å². The lowest BCUT2D eigenvalue weighted by Crippen LogP contribution is -2.34. The Kier molecular flexibility index (Phi) is 17.9. The zero-order valence-corrected chi connectivity index (χ0v) is 30.4. The Balaban J connectivity index is 0.000000334. The van der Waals surface area contributed by atoms with Gasteiger partial charge in [0.15, 0.2) is 0 Å². The minimum atomic E-state index is 0. The third kappa shape index (κ3) is 18.7. The van der Waals surface area contributed by atoms with Gasteiger partial charge in [-0.05, 0) is 136 Å². The van der Waals surface area contributed by atoms with Gasteiger partial charge in [-0.2, -0.15) is 0 Å². The van der Waals surface area contributed by atoms with Crippen LogP contribution >= 0.6 is 0 Å². The van der Waals surface area contributed by atoms with Crippen molar-refractivity contribution in [3.63, 3.8) is 0 Å². The van der Waals surface area contributed by atoms with Crippen molar-refractivity contribution in [3.05, 3.63) is 29.8 Å². The first kappa shape index (κ1) is 41.0. The molecule has 0 atom stereocenters. The molecule has 1 aliphatic carbocycles. The number of methoxy groups -OCH3 is 1. The van der Waals surface area contributed by atoms with E-state index in [4.69, 9.17) is 9.47 Å². The van der Waals surface area contributed by atoms with Crippen LogP contribution in [-0.2, 0) is 10.2 Å². The SMILES string of the molecule is C.CC(C)(C)C#CC1CCN(C2CC2)CC1.CCN1CCC(C#CC(C)(C)C)CC1.COCCOc1ccc(C(C)(C)C)cc1. The highest BCUT2D eigenvalue weighted by Gasteiger charge is 2.31. The van der Waals surface area contributed by atoms with Crippen LogP contribution in [0.4, 0.5) is 0 Å². The van der Waals surface area contributed by atoms with Gasteiger partial charge in [0.1, 0.15) is 12.4 Å². The molecule has 2 heterocycles. The molecule has 3 fully saturated rings. The molecule has 0 unspecified atom stereocenters. The second-order valence-electron chi connectivity index (χ2n) is 15.9. The zero-order chi connectivity index (χ0) is 32.8. The van der Waals surface area contributed by atoms with Gasteiger partial charge < -0.3 is 19.3 Å². The minimum absolute atomic E-state index is 0. The van der Waals surface area contributed by atoms with E-state index in [-0.39, 0.29) is 23.7 Å². The van der Waals surface area contributed by atoms with Crippen LogP contribution in [0.25, 0.3) is 0 Å². The van der Waals surface area contributed by atoms with Crippen LogP contribution < -0.4 is 4.74 Å². The molecule has 1 aromatic rings. The predicted molar refractivity (Wildman–Crippen MR) is 196 cm³/mol. The first-order valence-electron chi connectivity index (χ1n) is 17.3. The molecular formula is C41H70N2O2. The fourth-order valence-corrected chi connectivity index (χ4v) is 5.17. The lowest BCUT2D eigenvalue weighted by atomic mass is 9.87. The van der Waals surface area contributed by atoms with Crippen molar-refractivity contribution in [2.24, 2.45) is 22.7 Å². The number of ether oxygens (including phenoxy) is 2. The molecule has 0 radical (unpaired) electrons. The number of nitrogens with zero attached hydrogens (tertiary/aromatic N) is 2. The third-order valence-corrected chi connectivity index (χ3v) is 8.21. The number of hydrogen-bond donors (Lipinski definition) is 0. The molecule has 1 saturated carbocycles. The minimum Gasteiger partial charge on any atom is -0.491 e. The molecule has 4 nitrogen and oxygen atoms in total. The fraction of sp³-hybridized carbons (Fsp3) is 0.756. The quantitative estimate of drug-likeness (QED) is 0.233. The van der Waals surface area contributed by atoms with Gasteiger partial charge in [-0.25, -0.2) is 0 Å². The number of likely N-dealkylation sites (tertiary alicyclic amines) is 2. The summed E-state index contributed by atoms with van der Waals surface area (Å²) in [6.45, 7) is 29.4. The highest BCUT2D eigenvalue weighted by Crippen LogP contribution is 2.31. The van der Waals surface area contributed by atoms with Crippen molar-refractivity contribution >= 4 is 0 Å². The zero-order valence-electron chi connectivity index (χ0n) is 30.4. The van der Waals surface area contributed by atoms with Crippen molar-refractivity contribution in [2.45, 2.75) is 127 Å². The number of rotatable bonds is 6. The van der Waals surface area contributed by atoms with Gasteiger partial charge >= 0.3 is 0 Å². The smallest absolute Gasteiger partial charge is 0.119 e. The summed E-state index contributed by atoms with van der Waals surface area (Å²) in [5.41, 5.74) is 1.86. The lowest BCUT2D eigenvalue weighted by molar-refractivity contribution is 0.146. The van der Waals surface area contributed by atoms with E-state index in [2.05, 4.69) is 115 Å². The van der Waals surface area contributed by atoms with Gasteiger partial charge in [0, 0.05) is 35.8 Å². The molecule has 0 aromatic heterocycles. The topological polar surface area (TPSA) is 24.9 Å². The van der Waals surface area contributed by atoms with Gasteiger partial charge in [0.05, 0.1) is 6.61 Å². The molecule has 45 heavy (non-hydrogen) atoms. The number of piperidine rings is 2. The second-order valence-corrected chi connectivity index (χ2v) is 15.9. The van der Waals surface area contributed by atoms with E-state index in [1.165, 1.54) is 76.8 Å². The van der Waals surface area contributed by atoms with Crippen LogP contribution in [0.3, 0.4) is 0 Å². The van der Waals surface area contributed by atoms with E-state index < -0.39 is 0 Å². The lowest BCUT2D eigenvalue weighted by Gasteiger charge is -2.29. The summed E-state index contributed by atoms with van der Waals surface area (Å²) in [5, 5.41) is 0. The van der Waals surface area contributed by atoms with Crippen molar-refractivity contribution < 1.29 is 9.47 Å². The van der Waals surface area contributed by atoms with Crippen LogP contribution in [0.1, 0.15) is 121 Å². The molecule has 2 aliphatic heterocycles. The van der Waals surface area contributed by atoms with Crippen molar-refractivity contribution in [1.29, 1.82) is 0 Å². The Bertz CT molecular complexity index is 1050. The summed E-state index contributed by atoms with van der Waals surface area (Å²) in [5.74, 6) is 15.9. The van der Waals surface area contributed by atoms with Crippen LogP contribution in [-0.4, -0.2) is 68.9 Å². The first-order chi connectivity index (χ1) is 20.6. The van der Waals surface area contributed by atoms with E-state index >= 15 is 0 Å². The summed E-state index contributed by atoms with van der Waals surface area (Å²) in [6, 6.07) is 9.19. The summed E-state index contributed by atoms with van der Waals surface area (Å²) in [4.78, 5) is 5.17. The van der Waals surface area contributed by atoms with E-state index in [0.717, 1.165) is 11.8 Å². The predicted octanol–water partition coefficient (Wildman–Crippen LogP) is 9.32. The molecule has 0 N–H and O–H groups in total. The summed E-state index contributed by atoms with van der Waals surface area (Å²) in [7, 11) is 1.67. The molecule has 4 heteroatoms. The molecule has 2 saturated heterocycles. The van der Waals surface area contributed by atoms with Crippen molar-refractivity contribution in [1.82, 2.24) is 9.80 Å². The van der Waals surface area contributed by atoms with Gasteiger partial charge in [0.2, 0.25) is 0 Å². The highest BCUT2D eigenvalue weighted by molar-refractivity contribution is 5.31. The van der Waals surface area contributed by atoms with E-state index in [1.54, 1.807) is 7.11 Å². The van der Waals surface area contributed by atoms with Crippen molar-refractivity contribution in [3.8, 4) is 29.4 Å².